The number of thioether (sulfide) groups is 1. The molecule has 0 saturated heterocycles. The largest absolute Gasteiger partial charge is 0.493 e. The molecule has 0 unspecified atom stereocenters. The highest BCUT2D eigenvalue weighted by atomic mass is 35.5. The lowest BCUT2D eigenvalue weighted by Crippen LogP contribution is -2.04. The molecular formula is C22H23ClFN3OS. The number of nitrogens with zero attached hydrogens (tertiary/aromatic N) is 3. The van der Waals surface area contributed by atoms with Crippen molar-refractivity contribution in [2.75, 3.05) is 6.61 Å². The van der Waals surface area contributed by atoms with Gasteiger partial charge in [0.1, 0.15) is 11.6 Å². The quantitative estimate of drug-likeness (QED) is 0.296. The molecule has 0 spiro atoms. The molecule has 152 valence electrons. The Morgan fingerprint density at radius 1 is 1.21 bits per heavy atom. The minimum atomic E-state index is -0.346. The molecule has 2 aromatic carbocycles. The molecule has 1 heterocycles. The first-order valence-corrected chi connectivity index (χ1v) is 10.7. The normalized spacial score (nSPS) is 11.1. The maximum atomic E-state index is 13.2. The third-order valence-electron chi connectivity index (χ3n) is 4.10. The van der Waals surface area contributed by atoms with Gasteiger partial charge in [-0.2, -0.15) is 0 Å². The predicted octanol–water partition coefficient (Wildman–Crippen LogP) is 6.25. The summed E-state index contributed by atoms with van der Waals surface area (Å²) in [5.41, 5.74) is 1.79. The van der Waals surface area contributed by atoms with Crippen molar-refractivity contribution in [2.45, 2.75) is 31.3 Å². The van der Waals surface area contributed by atoms with Crippen LogP contribution in [0.1, 0.15) is 19.4 Å². The topological polar surface area (TPSA) is 39.9 Å². The molecule has 1 aromatic heterocycles. The number of rotatable bonds is 9. The zero-order valence-electron chi connectivity index (χ0n) is 16.4. The van der Waals surface area contributed by atoms with Crippen molar-refractivity contribution in [3.8, 4) is 17.1 Å². The van der Waals surface area contributed by atoms with Gasteiger partial charge in [-0.25, -0.2) is 4.39 Å². The molecule has 3 aromatic rings. The van der Waals surface area contributed by atoms with Crippen molar-refractivity contribution >= 4 is 23.4 Å². The number of hydrogen-bond donors (Lipinski definition) is 0. The van der Waals surface area contributed by atoms with Gasteiger partial charge >= 0.3 is 0 Å². The van der Waals surface area contributed by atoms with Crippen LogP contribution in [0.5, 0.6) is 5.75 Å². The van der Waals surface area contributed by atoms with Gasteiger partial charge in [-0.15, -0.1) is 16.8 Å². The van der Waals surface area contributed by atoms with Crippen molar-refractivity contribution in [3.63, 3.8) is 0 Å². The first kappa shape index (κ1) is 21.4. The number of aromatic nitrogens is 3. The van der Waals surface area contributed by atoms with E-state index in [0.717, 1.165) is 27.9 Å². The Hall–Kier alpha value is -2.31. The van der Waals surface area contributed by atoms with Crippen LogP contribution in [-0.2, 0) is 12.3 Å². The summed E-state index contributed by atoms with van der Waals surface area (Å²) in [6.45, 7) is 9.33. The minimum absolute atomic E-state index is 0.346. The molecule has 0 amide bonds. The number of benzene rings is 2. The molecule has 7 heteroatoms. The second-order valence-corrected chi connectivity index (χ2v) is 8.31. The molecule has 3 rings (SSSR count). The SMILES string of the molecule is C=CCn1c(SCc2ccc(F)cc2Cl)nnc1-c1ccc(OCC(C)C)cc1. The second-order valence-electron chi connectivity index (χ2n) is 6.96. The summed E-state index contributed by atoms with van der Waals surface area (Å²) in [4.78, 5) is 0. The van der Waals surface area contributed by atoms with Crippen LogP contribution >= 0.6 is 23.4 Å². The highest BCUT2D eigenvalue weighted by molar-refractivity contribution is 7.98. The van der Waals surface area contributed by atoms with Gasteiger partial charge in [0, 0.05) is 22.9 Å². The Morgan fingerprint density at radius 2 is 1.97 bits per heavy atom. The van der Waals surface area contributed by atoms with Gasteiger partial charge in [0.05, 0.1) is 6.61 Å². The summed E-state index contributed by atoms with van der Waals surface area (Å²) in [6, 6.07) is 12.3. The Bertz CT molecular complexity index is 973. The summed E-state index contributed by atoms with van der Waals surface area (Å²) in [7, 11) is 0. The molecule has 0 aliphatic heterocycles. The molecule has 0 radical (unpaired) electrons. The average Bonchev–Trinajstić information content (AvgIpc) is 3.09. The van der Waals surface area contributed by atoms with Gasteiger partial charge in [-0.05, 0) is 47.9 Å². The molecule has 0 aliphatic carbocycles. The highest BCUT2D eigenvalue weighted by Gasteiger charge is 2.14. The number of allylic oxidation sites excluding steroid dienone is 1. The Labute approximate surface area is 179 Å². The molecule has 0 N–H and O–H groups in total. The summed E-state index contributed by atoms with van der Waals surface area (Å²) in [6.07, 6.45) is 1.81. The second kappa shape index (κ2) is 9.94. The van der Waals surface area contributed by atoms with Crippen LogP contribution in [0.3, 0.4) is 0 Å². The van der Waals surface area contributed by atoms with E-state index in [0.29, 0.717) is 29.8 Å². The lowest BCUT2D eigenvalue weighted by atomic mass is 10.2. The standard InChI is InChI=1S/C22H23ClFN3OS/c1-4-11-27-21(16-6-9-19(10-7-16)28-13-15(2)3)25-26-22(27)29-14-17-5-8-18(24)12-20(17)23/h4-10,12,15H,1,11,13-14H2,2-3H3. The first-order chi connectivity index (χ1) is 14.0. The van der Waals surface area contributed by atoms with Crippen LogP contribution in [0.15, 0.2) is 60.3 Å². The van der Waals surface area contributed by atoms with Gasteiger partial charge in [0.25, 0.3) is 0 Å². The van der Waals surface area contributed by atoms with E-state index in [1.54, 1.807) is 6.07 Å². The molecule has 0 aliphatic rings. The summed E-state index contributed by atoms with van der Waals surface area (Å²) in [5, 5.41) is 9.86. The van der Waals surface area contributed by atoms with Crippen LogP contribution in [0.25, 0.3) is 11.4 Å². The zero-order valence-corrected chi connectivity index (χ0v) is 18.0. The van der Waals surface area contributed by atoms with Crippen molar-refractivity contribution in [2.24, 2.45) is 5.92 Å². The van der Waals surface area contributed by atoms with E-state index in [1.807, 2.05) is 34.9 Å². The Morgan fingerprint density at radius 3 is 2.62 bits per heavy atom. The Balaban J connectivity index is 1.78. The van der Waals surface area contributed by atoms with Gasteiger partial charge in [-0.3, -0.25) is 4.57 Å². The number of ether oxygens (including phenoxy) is 1. The molecule has 0 fully saturated rings. The molecule has 29 heavy (non-hydrogen) atoms. The van der Waals surface area contributed by atoms with Crippen LogP contribution in [0.4, 0.5) is 4.39 Å². The fourth-order valence-corrected chi connectivity index (χ4v) is 3.91. The van der Waals surface area contributed by atoms with Crippen LogP contribution < -0.4 is 4.74 Å². The van der Waals surface area contributed by atoms with E-state index < -0.39 is 0 Å². The van der Waals surface area contributed by atoms with E-state index in [2.05, 4.69) is 30.6 Å². The fourth-order valence-electron chi connectivity index (χ4n) is 2.65. The lowest BCUT2D eigenvalue weighted by molar-refractivity contribution is 0.271. The van der Waals surface area contributed by atoms with Crippen molar-refractivity contribution in [1.29, 1.82) is 0 Å². The van der Waals surface area contributed by atoms with E-state index >= 15 is 0 Å². The fraction of sp³-hybridized carbons (Fsp3) is 0.273. The molecule has 4 nitrogen and oxygen atoms in total. The number of hydrogen-bond acceptors (Lipinski definition) is 4. The smallest absolute Gasteiger partial charge is 0.192 e. The first-order valence-electron chi connectivity index (χ1n) is 9.32. The van der Waals surface area contributed by atoms with Crippen LogP contribution in [-0.4, -0.2) is 21.4 Å². The molecule has 0 atom stereocenters. The van der Waals surface area contributed by atoms with Crippen LogP contribution in [0.2, 0.25) is 5.02 Å². The van der Waals surface area contributed by atoms with Crippen molar-refractivity contribution in [1.82, 2.24) is 14.8 Å². The molecule has 0 bridgehead atoms. The monoisotopic (exact) mass is 431 g/mol. The van der Waals surface area contributed by atoms with Crippen molar-refractivity contribution < 1.29 is 9.13 Å². The minimum Gasteiger partial charge on any atom is -0.493 e. The van der Waals surface area contributed by atoms with Gasteiger partial charge in [0.15, 0.2) is 11.0 Å². The van der Waals surface area contributed by atoms with Crippen LogP contribution in [0, 0.1) is 11.7 Å². The highest BCUT2D eigenvalue weighted by Crippen LogP contribution is 2.29. The van der Waals surface area contributed by atoms with E-state index in [9.17, 15) is 4.39 Å². The van der Waals surface area contributed by atoms with Gasteiger partial charge < -0.3 is 4.74 Å². The average molecular weight is 432 g/mol. The van der Waals surface area contributed by atoms with E-state index in [-0.39, 0.29) is 5.82 Å². The Kier molecular flexibility index (Phi) is 7.34. The zero-order chi connectivity index (χ0) is 20.8. The third kappa shape index (κ3) is 5.61. The predicted molar refractivity (Wildman–Crippen MR) is 117 cm³/mol. The third-order valence-corrected chi connectivity index (χ3v) is 5.46. The number of halogens is 2. The lowest BCUT2D eigenvalue weighted by Gasteiger charge is -2.10. The van der Waals surface area contributed by atoms with E-state index in [1.165, 1.54) is 23.9 Å². The molecular weight excluding hydrogens is 409 g/mol. The maximum Gasteiger partial charge on any atom is 0.192 e. The summed E-state index contributed by atoms with van der Waals surface area (Å²) in [5.74, 6) is 2.28. The van der Waals surface area contributed by atoms with Gasteiger partial charge in [-0.1, -0.05) is 49.4 Å². The molecule has 0 saturated carbocycles. The van der Waals surface area contributed by atoms with Crippen molar-refractivity contribution in [3.05, 3.63) is 71.5 Å². The van der Waals surface area contributed by atoms with E-state index in [4.69, 9.17) is 16.3 Å². The summed E-state index contributed by atoms with van der Waals surface area (Å²) >= 11 is 7.63. The summed E-state index contributed by atoms with van der Waals surface area (Å²) < 4.78 is 21.0. The van der Waals surface area contributed by atoms with Gasteiger partial charge in [0.2, 0.25) is 0 Å². The maximum absolute atomic E-state index is 13.2.